The maximum Gasteiger partial charge on any atom is 0.417 e. The van der Waals surface area contributed by atoms with E-state index >= 15 is 0 Å². The fourth-order valence-electron chi connectivity index (χ4n) is 4.84. The van der Waals surface area contributed by atoms with Crippen LogP contribution in [0.2, 0.25) is 5.02 Å². The molecule has 0 spiro atoms. The van der Waals surface area contributed by atoms with Crippen LogP contribution >= 0.6 is 11.6 Å². The standard InChI is InChI=1S/C23H24ClF3N2O3S/c1-14-2-7-18(8-3-14)33(31,32)29(17-6-9-20(24)19(12-17)23(25,26)27)13-22(30)28-21-11-15-4-5-16(21)10-15/h2-3,6-9,12,15-16,21H,4-5,10-11,13H2,1H3,(H,28,30). The number of hydrogen-bond donors (Lipinski definition) is 1. The van der Waals surface area contributed by atoms with E-state index in [1.54, 1.807) is 19.1 Å². The molecule has 1 N–H and O–H groups in total. The molecular formula is C23H24ClF3N2O3S. The number of fused-ring (bicyclic) bond motifs is 2. The normalized spacial score (nSPS) is 22.4. The third-order valence-corrected chi connectivity index (χ3v) is 8.64. The molecule has 3 atom stereocenters. The first-order chi connectivity index (χ1) is 15.4. The van der Waals surface area contributed by atoms with Gasteiger partial charge >= 0.3 is 6.18 Å². The molecule has 33 heavy (non-hydrogen) atoms. The SMILES string of the molecule is Cc1ccc(S(=O)(=O)N(CC(=O)NC2CC3CCC2C3)c2ccc(Cl)c(C(F)(F)F)c2)cc1. The van der Waals surface area contributed by atoms with Gasteiger partial charge in [0.05, 0.1) is 21.2 Å². The average Bonchev–Trinajstić information content (AvgIpc) is 3.35. The van der Waals surface area contributed by atoms with Crippen molar-refractivity contribution in [1.82, 2.24) is 5.32 Å². The first kappa shape index (κ1) is 23.9. The number of alkyl halides is 3. The van der Waals surface area contributed by atoms with Crippen molar-refractivity contribution in [2.45, 2.75) is 49.7 Å². The minimum Gasteiger partial charge on any atom is -0.352 e. The minimum atomic E-state index is -4.78. The van der Waals surface area contributed by atoms with Crippen LogP contribution in [0.15, 0.2) is 47.4 Å². The van der Waals surface area contributed by atoms with E-state index < -0.39 is 39.2 Å². The summed E-state index contributed by atoms with van der Waals surface area (Å²) in [6.45, 7) is 1.15. The average molecular weight is 501 g/mol. The van der Waals surface area contributed by atoms with Crippen LogP contribution in [-0.2, 0) is 21.0 Å². The number of aryl methyl sites for hydroxylation is 1. The topological polar surface area (TPSA) is 66.5 Å². The van der Waals surface area contributed by atoms with Crippen LogP contribution in [-0.4, -0.2) is 26.9 Å². The van der Waals surface area contributed by atoms with E-state index in [0.29, 0.717) is 22.2 Å². The lowest BCUT2D eigenvalue weighted by molar-refractivity contribution is -0.137. The molecule has 2 aromatic carbocycles. The maximum atomic E-state index is 13.4. The highest BCUT2D eigenvalue weighted by atomic mass is 35.5. The zero-order chi connectivity index (χ0) is 24.0. The van der Waals surface area contributed by atoms with E-state index in [0.717, 1.165) is 37.3 Å². The molecule has 5 nitrogen and oxygen atoms in total. The van der Waals surface area contributed by atoms with Gasteiger partial charge in [-0.3, -0.25) is 9.10 Å². The molecular weight excluding hydrogens is 477 g/mol. The Balaban J connectivity index is 1.68. The molecule has 4 rings (SSSR count). The van der Waals surface area contributed by atoms with Gasteiger partial charge < -0.3 is 5.32 Å². The van der Waals surface area contributed by atoms with Gasteiger partial charge in [-0.05, 0) is 68.4 Å². The predicted molar refractivity (Wildman–Crippen MR) is 120 cm³/mol. The number of rotatable bonds is 6. The van der Waals surface area contributed by atoms with Gasteiger partial charge in [0.15, 0.2) is 0 Å². The number of carbonyl (C=O) groups excluding carboxylic acids is 1. The van der Waals surface area contributed by atoms with Crippen LogP contribution in [0.5, 0.6) is 0 Å². The van der Waals surface area contributed by atoms with Crippen molar-refractivity contribution in [3.8, 4) is 0 Å². The minimum absolute atomic E-state index is 0.0314. The summed E-state index contributed by atoms with van der Waals surface area (Å²) < 4.78 is 67.9. The van der Waals surface area contributed by atoms with E-state index in [2.05, 4.69) is 5.32 Å². The van der Waals surface area contributed by atoms with Gasteiger partial charge in [-0.1, -0.05) is 35.7 Å². The van der Waals surface area contributed by atoms with Crippen LogP contribution in [0, 0.1) is 18.8 Å². The number of halogens is 4. The highest BCUT2D eigenvalue weighted by Crippen LogP contribution is 2.44. The molecule has 2 fully saturated rings. The summed E-state index contributed by atoms with van der Waals surface area (Å²) in [4.78, 5) is 12.8. The molecule has 2 bridgehead atoms. The van der Waals surface area contributed by atoms with E-state index in [1.807, 2.05) is 0 Å². The lowest BCUT2D eigenvalue weighted by Crippen LogP contribution is -2.46. The van der Waals surface area contributed by atoms with Gasteiger partial charge in [0.2, 0.25) is 5.91 Å². The van der Waals surface area contributed by atoms with Gasteiger partial charge in [-0.15, -0.1) is 0 Å². The zero-order valence-electron chi connectivity index (χ0n) is 17.9. The van der Waals surface area contributed by atoms with Crippen molar-refractivity contribution in [2.24, 2.45) is 11.8 Å². The van der Waals surface area contributed by atoms with Gasteiger partial charge in [-0.25, -0.2) is 8.42 Å². The number of carbonyl (C=O) groups is 1. The molecule has 2 aliphatic carbocycles. The molecule has 2 aliphatic rings. The van der Waals surface area contributed by atoms with E-state index in [-0.39, 0.29) is 16.6 Å². The van der Waals surface area contributed by atoms with Crippen molar-refractivity contribution >= 4 is 33.2 Å². The Morgan fingerprint density at radius 1 is 1.12 bits per heavy atom. The summed E-state index contributed by atoms with van der Waals surface area (Å²) in [5.74, 6) is 0.388. The molecule has 0 radical (unpaired) electrons. The number of amides is 1. The maximum absolute atomic E-state index is 13.4. The number of hydrogen-bond acceptors (Lipinski definition) is 3. The monoisotopic (exact) mass is 500 g/mol. The molecule has 2 aromatic rings. The second-order valence-electron chi connectivity index (χ2n) is 8.84. The summed E-state index contributed by atoms with van der Waals surface area (Å²) in [6.07, 6.45) is -0.733. The van der Waals surface area contributed by atoms with E-state index in [9.17, 15) is 26.4 Å². The van der Waals surface area contributed by atoms with Crippen LogP contribution in [0.3, 0.4) is 0 Å². The highest BCUT2D eigenvalue weighted by Gasteiger charge is 2.41. The fraction of sp³-hybridized carbons (Fsp3) is 0.435. The molecule has 10 heteroatoms. The van der Waals surface area contributed by atoms with Crippen molar-refractivity contribution < 1.29 is 26.4 Å². The van der Waals surface area contributed by atoms with Crippen LogP contribution in [0.1, 0.15) is 36.8 Å². The molecule has 0 heterocycles. The van der Waals surface area contributed by atoms with Crippen LogP contribution in [0.4, 0.5) is 18.9 Å². The van der Waals surface area contributed by atoms with Crippen LogP contribution in [0.25, 0.3) is 0 Å². The second kappa shape index (κ2) is 8.83. The number of sulfonamides is 1. The highest BCUT2D eigenvalue weighted by molar-refractivity contribution is 7.92. The fourth-order valence-corrected chi connectivity index (χ4v) is 6.48. The van der Waals surface area contributed by atoms with Gasteiger partial charge in [0.25, 0.3) is 10.0 Å². The first-order valence-corrected chi connectivity index (χ1v) is 12.5. The van der Waals surface area contributed by atoms with Crippen molar-refractivity contribution in [3.05, 3.63) is 58.6 Å². The molecule has 0 saturated heterocycles. The third kappa shape index (κ3) is 4.99. The summed E-state index contributed by atoms with van der Waals surface area (Å²) in [7, 11) is -4.32. The van der Waals surface area contributed by atoms with E-state index in [1.165, 1.54) is 18.2 Å². The number of anilines is 1. The molecule has 0 aliphatic heterocycles. The summed E-state index contributed by atoms with van der Waals surface area (Å²) in [5, 5.41) is 2.36. The Hall–Kier alpha value is -2.26. The van der Waals surface area contributed by atoms with Gasteiger partial charge in [-0.2, -0.15) is 13.2 Å². The second-order valence-corrected chi connectivity index (χ2v) is 11.1. The quantitative estimate of drug-likeness (QED) is 0.595. The van der Waals surface area contributed by atoms with Gasteiger partial charge in [0, 0.05) is 6.04 Å². The Morgan fingerprint density at radius 3 is 2.39 bits per heavy atom. The zero-order valence-corrected chi connectivity index (χ0v) is 19.5. The Kier molecular flexibility index (Phi) is 6.39. The molecule has 178 valence electrons. The largest absolute Gasteiger partial charge is 0.417 e. The Bertz CT molecular complexity index is 1150. The van der Waals surface area contributed by atoms with Crippen molar-refractivity contribution in [3.63, 3.8) is 0 Å². The van der Waals surface area contributed by atoms with Crippen molar-refractivity contribution in [1.29, 1.82) is 0 Å². The Labute approximate surface area is 196 Å². The first-order valence-electron chi connectivity index (χ1n) is 10.7. The molecule has 1 amide bonds. The molecule has 3 unspecified atom stereocenters. The Morgan fingerprint density at radius 2 is 1.82 bits per heavy atom. The number of nitrogens with zero attached hydrogens (tertiary/aromatic N) is 1. The lowest BCUT2D eigenvalue weighted by atomic mass is 9.95. The number of benzene rings is 2. The van der Waals surface area contributed by atoms with Gasteiger partial charge in [0.1, 0.15) is 6.54 Å². The summed E-state index contributed by atoms with van der Waals surface area (Å²) in [5.41, 5.74) is -0.630. The number of nitrogens with one attached hydrogen (secondary N) is 1. The van der Waals surface area contributed by atoms with Crippen molar-refractivity contribution in [2.75, 3.05) is 10.8 Å². The smallest absolute Gasteiger partial charge is 0.352 e. The summed E-state index contributed by atoms with van der Waals surface area (Å²) in [6, 6.07) is 8.71. The third-order valence-electron chi connectivity index (χ3n) is 6.52. The van der Waals surface area contributed by atoms with E-state index in [4.69, 9.17) is 11.6 Å². The molecule has 0 aromatic heterocycles. The lowest BCUT2D eigenvalue weighted by Gasteiger charge is -2.28. The summed E-state index contributed by atoms with van der Waals surface area (Å²) >= 11 is 5.72. The van der Waals surface area contributed by atoms with Crippen LogP contribution < -0.4 is 9.62 Å². The predicted octanol–water partition coefficient (Wildman–Crippen LogP) is 5.17. The molecule has 2 saturated carbocycles.